The average molecular weight is 499 g/mol. The Morgan fingerprint density at radius 3 is 2.70 bits per heavy atom. The maximum absolute atomic E-state index is 12.4. The van der Waals surface area contributed by atoms with E-state index in [2.05, 4.69) is 40.5 Å². The van der Waals surface area contributed by atoms with Gasteiger partial charge in [0.25, 0.3) is 11.7 Å². The lowest BCUT2D eigenvalue weighted by Crippen LogP contribution is -2.38. The number of nitrogens with two attached hydrogens (primary N) is 1. The molecule has 1 amide bonds. The summed E-state index contributed by atoms with van der Waals surface area (Å²) in [6.45, 7) is 3.24. The molecule has 0 unspecified atom stereocenters. The lowest BCUT2D eigenvalue weighted by atomic mass is 10.3. The predicted molar refractivity (Wildman–Crippen MR) is 112 cm³/mol. The molecule has 0 saturated carbocycles. The lowest BCUT2D eigenvalue weighted by molar-refractivity contribution is -0.654. The van der Waals surface area contributed by atoms with Gasteiger partial charge in [-0.1, -0.05) is 11.6 Å². The van der Waals surface area contributed by atoms with E-state index in [1.165, 1.54) is 6.20 Å². The maximum atomic E-state index is 12.4. The number of carbonyl (C=O) groups excluding carboxylic acids is 3. The Balaban J connectivity index is 0.000000575. The zero-order valence-corrected chi connectivity index (χ0v) is 18.5. The van der Waals surface area contributed by atoms with E-state index < -0.39 is 0 Å². The number of aromatic nitrogens is 4. The quantitative estimate of drug-likeness (QED) is 0.299. The second-order valence-electron chi connectivity index (χ2n) is 5.79. The molecule has 0 saturated heterocycles. The number of hydrogen-bond acceptors (Lipinski definition) is 7. The molecule has 158 valence electrons. The second-order valence-corrected chi connectivity index (χ2v) is 7.04. The Hall–Kier alpha value is -3.05. The van der Waals surface area contributed by atoms with Gasteiger partial charge in [-0.3, -0.25) is 14.4 Å². The summed E-state index contributed by atoms with van der Waals surface area (Å²) in [5.41, 5.74) is 7.90. The van der Waals surface area contributed by atoms with Crippen molar-refractivity contribution < 1.29 is 23.7 Å². The minimum absolute atomic E-state index is 0.0625. The number of rotatable bonds is 6. The molecule has 30 heavy (non-hydrogen) atoms. The highest BCUT2D eigenvalue weighted by atomic mass is 79.9. The van der Waals surface area contributed by atoms with Crippen LogP contribution in [0.5, 0.6) is 0 Å². The van der Waals surface area contributed by atoms with Gasteiger partial charge < -0.3 is 15.8 Å². The van der Waals surface area contributed by atoms with Crippen LogP contribution in [0.1, 0.15) is 23.2 Å². The zero-order valence-electron chi connectivity index (χ0n) is 16.1. The van der Waals surface area contributed by atoms with E-state index in [1.54, 1.807) is 0 Å². The summed E-state index contributed by atoms with van der Waals surface area (Å²) >= 11 is 9.32. The molecule has 2 aromatic heterocycles. The number of fused-ring (bicyclic) bond motifs is 1. The monoisotopic (exact) mass is 497 g/mol. The summed E-state index contributed by atoms with van der Waals surface area (Å²) in [6.07, 6.45) is 1.45. The highest BCUT2D eigenvalue weighted by Crippen LogP contribution is 2.19. The van der Waals surface area contributed by atoms with Crippen molar-refractivity contribution in [2.45, 2.75) is 20.0 Å². The molecule has 12 heteroatoms. The molecule has 0 aliphatic rings. The van der Waals surface area contributed by atoms with Crippen molar-refractivity contribution >= 4 is 63.2 Å². The number of hydrogen-bond donors (Lipinski definition) is 2. The summed E-state index contributed by atoms with van der Waals surface area (Å²) in [4.78, 5) is 38.3. The molecule has 3 rings (SSSR count). The Morgan fingerprint density at radius 2 is 2.10 bits per heavy atom. The fourth-order valence-electron chi connectivity index (χ4n) is 2.83. The van der Waals surface area contributed by atoms with E-state index in [-0.39, 0.29) is 30.4 Å². The van der Waals surface area contributed by atoms with Gasteiger partial charge in [-0.15, -0.1) is 0 Å². The Bertz CT molecular complexity index is 1080. The van der Waals surface area contributed by atoms with Crippen LogP contribution in [0, 0.1) is 0 Å². The van der Waals surface area contributed by atoms with Crippen LogP contribution in [0.3, 0.4) is 0 Å². The smallest absolute Gasteiger partial charge is 0.300 e. The topological polar surface area (TPSA) is 133 Å². The molecule has 0 fully saturated rings. The van der Waals surface area contributed by atoms with Gasteiger partial charge in [0.05, 0.1) is 19.8 Å². The van der Waals surface area contributed by atoms with Crippen molar-refractivity contribution in [3.05, 3.63) is 45.5 Å². The minimum atomic E-state index is -0.378. The third-order valence-corrected chi connectivity index (χ3v) is 4.73. The van der Waals surface area contributed by atoms with E-state index >= 15 is 0 Å². The number of nitrogens with one attached hydrogen (secondary N) is 1. The molecule has 0 aliphatic heterocycles. The van der Waals surface area contributed by atoms with Gasteiger partial charge in [-0.05, 0) is 35.0 Å². The number of nitrogen functional groups attached to an aromatic ring is 1. The van der Waals surface area contributed by atoms with Gasteiger partial charge in [0.2, 0.25) is 0 Å². The molecule has 0 bridgehead atoms. The third-order valence-electron chi connectivity index (χ3n) is 4.11. The van der Waals surface area contributed by atoms with Crippen LogP contribution in [0.15, 0.2) is 29.0 Å². The maximum Gasteiger partial charge on any atom is 0.300 e. The minimum Gasteiger partial charge on any atom is -0.398 e. The second kappa shape index (κ2) is 10.6. The van der Waals surface area contributed by atoms with Crippen molar-refractivity contribution in [2.24, 2.45) is 7.05 Å². The normalized spacial score (nSPS) is 10.1. The van der Waals surface area contributed by atoms with E-state index in [1.807, 2.05) is 36.7 Å². The molecule has 3 aromatic rings. The SMILES string of the molecule is CCn1c(CNC(=O)c2nc(Br)cnc2N)[n+](C)c2ccc(Cl)cc21.O=COC=O. The Morgan fingerprint density at radius 1 is 1.40 bits per heavy atom. The number of ether oxygens (including phenoxy) is 1. The third kappa shape index (κ3) is 5.30. The number of anilines is 1. The highest BCUT2D eigenvalue weighted by molar-refractivity contribution is 9.10. The summed E-state index contributed by atoms with van der Waals surface area (Å²) in [5, 5.41) is 3.53. The van der Waals surface area contributed by atoms with Gasteiger partial charge in [0.1, 0.15) is 11.1 Å². The molecular formula is C18H19BrClN6O4+. The van der Waals surface area contributed by atoms with Crippen molar-refractivity contribution in [1.82, 2.24) is 19.9 Å². The van der Waals surface area contributed by atoms with Crippen LogP contribution < -0.4 is 15.6 Å². The lowest BCUT2D eigenvalue weighted by Gasteiger charge is -2.06. The standard InChI is InChI=1S/C16H16BrClN6O.C2H2O3/c1-3-24-11-6-9(18)4-5-10(11)23(2)13(24)8-21-16(25)14-15(19)20-7-12(17)22-14;3-1-5-2-4/h4-7H,3,8H2,1-2H3,(H2-,19,20,21,25);1-2H/p+1. The van der Waals surface area contributed by atoms with Crippen LogP contribution in [0.2, 0.25) is 5.02 Å². The molecule has 2 heterocycles. The van der Waals surface area contributed by atoms with E-state index in [9.17, 15) is 4.79 Å². The number of aryl methyl sites for hydroxylation is 2. The van der Waals surface area contributed by atoms with Crippen molar-refractivity contribution in [3.63, 3.8) is 0 Å². The first-order chi connectivity index (χ1) is 14.3. The number of benzene rings is 1. The van der Waals surface area contributed by atoms with Gasteiger partial charge in [-0.2, -0.15) is 0 Å². The highest BCUT2D eigenvalue weighted by Gasteiger charge is 2.23. The Kier molecular flexibility index (Phi) is 8.25. The van der Waals surface area contributed by atoms with Gasteiger partial charge in [0.15, 0.2) is 22.5 Å². The molecule has 1 aromatic carbocycles. The number of imidazole rings is 1. The molecule has 0 spiro atoms. The number of amides is 1. The number of nitrogens with zero attached hydrogens (tertiary/aromatic N) is 4. The van der Waals surface area contributed by atoms with Crippen molar-refractivity contribution in [1.29, 1.82) is 0 Å². The number of halogens is 2. The summed E-state index contributed by atoms with van der Waals surface area (Å²) in [6, 6.07) is 5.74. The van der Waals surface area contributed by atoms with Crippen LogP contribution in [0.4, 0.5) is 5.82 Å². The van der Waals surface area contributed by atoms with Crippen molar-refractivity contribution in [2.75, 3.05) is 5.73 Å². The van der Waals surface area contributed by atoms with E-state index in [0.717, 1.165) is 23.4 Å². The van der Waals surface area contributed by atoms with Crippen LogP contribution >= 0.6 is 27.5 Å². The fraction of sp³-hybridized carbons (Fsp3) is 0.222. The van der Waals surface area contributed by atoms with Gasteiger partial charge >= 0.3 is 12.9 Å². The summed E-state index contributed by atoms with van der Waals surface area (Å²) in [7, 11) is 1.96. The van der Waals surface area contributed by atoms with E-state index in [0.29, 0.717) is 16.2 Å². The first kappa shape index (κ1) is 23.2. The summed E-state index contributed by atoms with van der Waals surface area (Å²) < 4.78 is 8.07. The number of carbonyl (C=O) groups is 3. The summed E-state index contributed by atoms with van der Waals surface area (Å²) in [5.74, 6) is 0.653. The average Bonchev–Trinajstić information content (AvgIpc) is 2.99. The first-order valence-corrected chi connectivity index (χ1v) is 9.76. The van der Waals surface area contributed by atoms with E-state index in [4.69, 9.17) is 26.9 Å². The Labute approximate surface area is 185 Å². The molecular weight excluding hydrogens is 480 g/mol. The fourth-order valence-corrected chi connectivity index (χ4v) is 3.28. The van der Waals surface area contributed by atoms with Gasteiger partial charge in [0, 0.05) is 11.1 Å². The zero-order chi connectivity index (χ0) is 22.3. The largest absolute Gasteiger partial charge is 0.398 e. The molecule has 0 atom stereocenters. The molecule has 10 nitrogen and oxygen atoms in total. The molecule has 3 N–H and O–H groups in total. The molecule has 0 radical (unpaired) electrons. The first-order valence-electron chi connectivity index (χ1n) is 8.59. The molecule has 0 aliphatic carbocycles. The van der Waals surface area contributed by atoms with Gasteiger partial charge in [-0.25, -0.2) is 19.1 Å². The van der Waals surface area contributed by atoms with Crippen LogP contribution in [-0.4, -0.2) is 33.4 Å². The predicted octanol–water partition coefficient (Wildman–Crippen LogP) is 1.52. The van der Waals surface area contributed by atoms with Crippen LogP contribution in [0.25, 0.3) is 11.0 Å². The van der Waals surface area contributed by atoms with Crippen LogP contribution in [-0.2, 0) is 34.5 Å². The van der Waals surface area contributed by atoms with Crippen molar-refractivity contribution in [3.8, 4) is 0 Å².